The molecule has 0 heterocycles. The third-order valence-corrected chi connectivity index (χ3v) is 4.43. The van der Waals surface area contributed by atoms with E-state index in [0.717, 1.165) is 18.8 Å². The monoisotopic (exact) mass is 304 g/mol. The van der Waals surface area contributed by atoms with E-state index < -0.39 is 5.91 Å². The van der Waals surface area contributed by atoms with E-state index in [1.165, 1.54) is 12.8 Å². The molecule has 0 unspecified atom stereocenters. The molecule has 0 atom stereocenters. The molecule has 5 nitrogen and oxygen atoms in total. The van der Waals surface area contributed by atoms with Crippen molar-refractivity contribution in [3.8, 4) is 5.75 Å². The highest BCUT2D eigenvalue weighted by Crippen LogP contribution is 2.26. The van der Waals surface area contributed by atoms with E-state index >= 15 is 0 Å². The summed E-state index contributed by atoms with van der Waals surface area (Å²) >= 11 is 0. The molecule has 0 aromatic heterocycles. The number of hydrogen-bond donors (Lipinski definition) is 1. The molecule has 1 aliphatic rings. The Kier molecular flexibility index (Phi) is 5.41. The summed E-state index contributed by atoms with van der Waals surface area (Å²) in [6.07, 6.45) is 4.49. The number of likely N-dealkylation sites (N-methyl/N-ethyl adjacent to an activating group) is 1. The van der Waals surface area contributed by atoms with E-state index in [9.17, 15) is 9.59 Å². The van der Waals surface area contributed by atoms with Gasteiger partial charge >= 0.3 is 0 Å². The highest BCUT2D eigenvalue weighted by Gasteiger charge is 2.24. The third-order valence-electron chi connectivity index (χ3n) is 4.43. The number of carbonyl (C=O) groups is 2. The predicted molar refractivity (Wildman–Crippen MR) is 84.6 cm³/mol. The molecule has 1 fully saturated rings. The molecule has 2 amide bonds. The average molecular weight is 304 g/mol. The van der Waals surface area contributed by atoms with Crippen molar-refractivity contribution >= 4 is 11.8 Å². The van der Waals surface area contributed by atoms with E-state index in [1.54, 1.807) is 24.3 Å². The van der Waals surface area contributed by atoms with Crippen LogP contribution in [0.15, 0.2) is 24.3 Å². The van der Waals surface area contributed by atoms with Crippen LogP contribution in [-0.4, -0.2) is 36.4 Å². The Hall–Kier alpha value is -2.04. The Morgan fingerprint density at radius 1 is 1.18 bits per heavy atom. The Bertz CT molecular complexity index is 519. The van der Waals surface area contributed by atoms with Gasteiger partial charge in [0.2, 0.25) is 5.91 Å². The predicted octanol–water partition coefficient (Wildman–Crippen LogP) is 2.20. The molecule has 5 heteroatoms. The molecule has 2 N–H and O–H groups in total. The number of primary amides is 1. The van der Waals surface area contributed by atoms with Crippen LogP contribution in [-0.2, 0) is 4.79 Å². The van der Waals surface area contributed by atoms with Gasteiger partial charge in [-0.25, -0.2) is 0 Å². The van der Waals surface area contributed by atoms with Crippen molar-refractivity contribution in [3.05, 3.63) is 29.8 Å². The summed E-state index contributed by atoms with van der Waals surface area (Å²) < 4.78 is 5.49. The highest BCUT2D eigenvalue weighted by atomic mass is 16.5. The summed E-state index contributed by atoms with van der Waals surface area (Å²) in [5, 5.41) is 0. The molecule has 120 valence electrons. The zero-order valence-electron chi connectivity index (χ0n) is 13.2. The van der Waals surface area contributed by atoms with Gasteiger partial charge in [0.05, 0.1) is 0 Å². The standard InChI is InChI=1S/C17H24N2O3/c1-12-3-7-14(8-4-12)19(2)16(20)11-22-15-9-5-13(6-10-15)17(18)21/h5-6,9-10,12,14H,3-4,7-8,11H2,1-2H3,(H2,18,21). The average Bonchev–Trinajstić information content (AvgIpc) is 2.53. The number of carbonyl (C=O) groups excluding carboxylic acids is 2. The van der Waals surface area contributed by atoms with Gasteiger partial charge in [0.15, 0.2) is 6.61 Å². The molecule has 0 bridgehead atoms. The Labute approximate surface area is 131 Å². The molecule has 0 radical (unpaired) electrons. The first-order valence-electron chi connectivity index (χ1n) is 7.75. The second kappa shape index (κ2) is 7.29. The van der Waals surface area contributed by atoms with Gasteiger partial charge in [0.1, 0.15) is 5.75 Å². The van der Waals surface area contributed by atoms with Gasteiger partial charge in [-0.2, -0.15) is 0 Å². The van der Waals surface area contributed by atoms with E-state index in [2.05, 4.69) is 6.92 Å². The van der Waals surface area contributed by atoms with E-state index in [4.69, 9.17) is 10.5 Å². The second-order valence-corrected chi connectivity index (χ2v) is 6.10. The molecule has 1 aromatic rings. The third kappa shape index (κ3) is 4.23. The molecule has 1 aliphatic carbocycles. The van der Waals surface area contributed by atoms with Gasteiger partial charge in [-0.1, -0.05) is 6.92 Å². The summed E-state index contributed by atoms with van der Waals surface area (Å²) in [5.41, 5.74) is 5.60. The van der Waals surface area contributed by atoms with Crippen molar-refractivity contribution in [1.29, 1.82) is 0 Å². The number of nitrogens with two attached hydrogens (primary N) is 1. The fourth-order valence-corrected chi connectivity index (χ4v) is 2.80. The zero-order valence-corrected chi connectivity index (χ0v) is 13.2. The minimum atomic E-state index is -0.478. The van der Waals surface area contributed by atoms with E-state index in [-0.39, 0.29) is 12.5 Å². The molecule has 0 saturated heterocycles. The Morgan fingerprint density at radius 3 is 2.32 bits per heavy atom. The fraction of sp³-hybridized carbons (Fsp3) is 0.529. The quantitative estimate of drug-likeness (QED) is 0.906. The zero-order chi connectivity index (χ0) is 16.1. The lowest BCUT2D eigenvalue weighted by molar-refractivity contribution is -0.134. The van der Waals surface area contributed by atoms with Crippen LogP contribution < -0.4 is 10.5 Å². The van der Waals surface area contributed by atoms with Gasteiger partial charge in [-0.15, -0.1) is 0 Å². The summed E-state index contributed by atoms with van der Waals surface area (Å²) in [7, 11) is 1.85. The van der Waals surface area contributed by atoms with Crippen LogP contribution in [0.1, 0.15) is 43.0 Å². The van der Waals surface area contributed by atoms with Crippen molar-refractivity contribution in [2.24, 2.45) is 11.7 Å². The van der Waals surface area contributed by atoms with Crippen LogP contribution in [0.3, 0.4) is 0 Å². The van der Waals surface area contributed by atoms with Gasteiger partial charge < -0.3 is 15.4 Å². The number of benzene rings is 1. The van der Waals surface area contributed by atoms with E-state index in [1.807, 2.05) is 11.9 Å². The maximum absolute atomic E-state index is 12.2. The van der Waals surface area contributed by atoms with Crippen LogP contribution >= 0.6 is 0 Å². The normalized spacial score (nSPS) is 21.2. The number of hydrogen-bond acceptors (Lipinski definition) is 3. The maximum atomic E-state index is 12.2. The summed E-state index contributed by atoms with van der Waals surface area (Å²) in [4.78, 5) is 25.0. The summed E-state index contributed by atoms with van der Waals surface area (Å²) in [5.74, 6) is 0.830. The minimum Gasteiger partial charge on any atom is -0.484 e. The largest absolute Gasteiger partial charge is 0.484 e. The number of ether oxygens (including phenoxy) is 1. The first-order valence-corrected chi connectivity index (χ1v) is 7.75. The van der Waals surface area contributed by atoms with E-state index in [0.29, 0.717) is 17.4 Å². The number of nitrogens with zero attached hydrogens (tertiary/aromatic N) is 1. The second-order valence-electron chi connectivity index (χ2n) is 6.10. The molecule has 1 aromatic carbocycles. The summed E-state index contributed by atoms with van der Waals surface area (Å²) in [6.45, 7) is 2.27. The van der Waals surface area contributed by atoms with Crippen LogP contribution in [0, 0.1) is 5.92 Å². The van der Waals surface area contributed by atoms with Crippen LogP contribution in [0.25, 0.3) is 0 Å². The first kappa shape index (κ1) is 16.3. The lowest BCUT2D eigenvalue weighted by Crippen LogP contribution is -2.41. The van der Waals surface area contributed by atoms with Crippen molar-refractivity contribution in [1.82, 2.24) is 4.90 Å². The highest BCUT2D eigenvalue weighted by molar-refractivity contribution is 5.92. The minimum absolute atomic E-state index is 0.0124. The smallest absolute Gasteiger partial charge is 0.260 e. The summed E-state index contributed by atoms with van der Waals surface area (Å²) in [6, 6.07) is 6.80. The Balaban J connectivity index is 1.82. The van der Waals surface area contributed by atoms with Crippen molar-refractivity contribution in [2.75, 3.05) is 13.7 Å². The lowest BCUT2D eigenvalue weighted by atomic mass is 9.87. The fourth-order valence-electron chi connectivity index (χ4n) is 2.80. The van der Waals surface area contributed by atoms with Gasteiger partial charge in [0.25, 0.3) is 5.91 Å². The SMILES string of the molecule is CC1CCC(N(C)C(=O)COc2ccc(C(N)=O)cc2)CC1. The van der Waals surface area contributed by atoms with Crippen molar-refractivity contribution < 1.29 is 14.3 Å². The Morgan fingerprint density at radius 2 is 1.77 bits per heavy atom. The van der Waals surface area contributed by atoms with Crippen LogP contribution in [0.2, 0.25) is 0 Å². The van der Waals surface area contributed by atoms with Crippen molar-refractivity contribution in [2.45, 2.75) is 38.6 Å². The van der Waals surface area contributed by atoms with Gasteiger partial charge in [0, 0.05) is 18.7 Å². The number of amides is 2. The van der Waals surface area contributed by atoms with Crippen LogP contribution in [0.5, 0.6) is 5.75 Å². The number of rotatable bonds is 5. The molecule has 2 rings (SSSR count). The maximum Gasteiger partial charge on any atom is 0.260 e. The first-order chi connectivity index (χ1) is 10.5. The molecule has 1 saturated carbocycles. The molecule has 0 spiro atoms. The van der Waals surface area contributed by atoms with Gasteiger partial charge in [-0.3, -0.25) is 9.59 Å². The van der Waals surface area contributed by atoms with Crippen molar-refractivity contribution in [3.63, 3.8) is 0 Å². The molecule has 0 aliphatic heterocycles. The van der Waals surface area contributed by atoms with Gasteiger partial charge in [-0.05, 0) is 55.9 Å². The molecule has 22 heavy (non-hydrogen) atoms. The topological polar surface area (TPSA) is 72.6 Å². The molecular weight excluding hydrogens is 280 g/mol. The lowest BCUT2D eigenvalue weighted by Gasteiger charge is -2.33. The van der Waals surface area contributed by atoms with Crippen LogP contribution in [0.4, 0.5) is 0 Å². The molecular formula is C17H24N2O3.